The number of esters is 1. The van der Waals surface area contributed by atoms with Crippen molar-refractivity contribution in [2.24, 2.45) is 0 Å². The van der Waals surface area contributed by atoms with E-state index in [0.29, 0.717) is 27.4 Å². The molecule has 0 spiro atoms. The molecule has 1 fully saturated rings. The van der Waals surface area contributed by atoms with Gasteiger partial charge >= 0.3 is 5.97 Å². The van der Waals surface area contributed by atoms with Gasteiger partial charge in [0, 0.05) is 16.3 Å². The number of Topliss-reactive ketones (excluding diaryl/α,β-unsaturated/α-hetero) is 1. The van der Waals surface area contributed by atoms with Crippen molar-refractivity contribution in [1.29, 1.82) is 0 Å². The van der Waals surface area contributed by atoms with Gasteiger partial charge in [0.1, 0.15) is 5.76 Å². The van der Waals surface area contributed by atoms with E-state index >= 15 is 0 Å². The number of hydrogen-bond acceptors (Lipinski definition) is 5. The zero-order chi connectivity index (χ0) is 24.4. The fourth-order valence-electron chi connectivity index (χ4n) is 4.06. The van der Waals surface area contributed by atoms with Gasteiger partial charge in [-0.1, -0.05) is 65.7 Å². The van der Waals surface area contributed by atoms with Crippen molar-refractivity contribution in [1.82, 2.24) is 0 Å². The normalized spacial score (nSPS) is 17.1. The van der Waals surface area contributed by atoms with E-state index < -0.39 is 17.7 Å². The monoisotopic (exact) mass is 475 g/mol. The summed E-state index contributed by atoms with van der Waals surface area (Å²) in [6, 6.07) is 19.8. The fourth-order valence-corrected chi connectivity index (χ4v) is 4.25. The molecular weight excluding hydrogens is 454 g/mol. The summed E-state index contributed by atoms with van der Waals surface area (Å²) in [7, 11) is 1.32. The quantitative estimate of drug-likeness (QED) is 0.243. The van der Waals surface area contributed by atoms with Crippen LogP contribution in [0.15, 0.2) is 78.4 Å². The standard InChI is InChI=1S/C27H22ClNO5/c1-16-5-3-6-18(13-16)24-23(25(31)19-7-4-8-20(28)15-19)26(32)27(33)29(24)21-11-9-17(10-12-21)14-22(30)34-2/h3-13,15,24,31H,14H2,1-2H3/b25-23-. The first kappa shape index (κ1) is 23.3. The molecule has 4 rings (SSSR count). The lowest BCUT2D eigenvalue weighted by molar-refractivity contribution is -0.139. The molecule has 1 amide bonds. The third kappa shape index (κ3) is 4.45. The van der Waals surface area contributed by atoms with Gasteiger partial charge in [0.2, 0.25) is 0 Å². The smallest absolute Gasteiger partial charge is 0.309 e. The number of methoxy groups -OCH3 is 1. The average molecular weight is 476 g/mol. The summed E-state index contributed by atoms with van der Waals surface area (Å²) in [5, 5.41) is 11.5. The van der Waals surface area contributed by atoms with E-state index in [-0.39, 0.29) is 23.7 Å². The Bertz CT molecular complexity index is 1310. The van der Waals surface area contributed by atoms with Crippen LogP contribution in [0.2, 0.25) is 5.02 Å². The first-order valence-corrected chi connectivity index (χ1v) is 11.0. The molecular formula is C27H22ClNO5. The Kier molecular flexibility index (Phi) is 6.52. The van der Waals surface area contributed by atoms with Crippen LogP contribution in [0.5, 0.6) is 0 Å². The van der Waals surface area contributed by atoms with E-state index in [1.165, 1.54) is 12.0 Å². The van der Waals surface area contributed by atoms with Crippen LogP contribution in [0.1, 0.15) is 28.3 Å². The van der Waals surface area contributed by atoms with Crippen LogP contribution < -0.4 is 4.90 Å². The molecule has 6 nitrogen and oxygen atoms in total. The summed E-state index contributed by atoms with van der Waals surface area (Å²) in [5.41, 5.74) is 3.12. The molecule has 0 radical (unpaired) electrons. The van der Waals surface area contributed by atoms with E-state index in [2.05, 4.69) is 0 Å². The van der Waals surface area contributed by atoms with Gasteiger partial charge in [-0.25, -0.2) is 0 Å². The predicted molar refractivity (Wildman–Crippen MR) is 130 cm³/mol. The maximum Gasteiger partial charge on any atom is 0.309 e. The van der Waals surface area contributed by atoms with Crippen molar-refractivity contribution in [2.45, 2.75) is 19.4 Å². The number of aryl methyl sites for hydroxylation is 1. The zero-order valence-corrected chi connectivity index (χ0v) is 19.4. The maximum absolute atomic E-state index is 13.2. The highest BCUT2D eigenvalue weighted by Crippen LogP contribution is 2.42. The lowest BCUT2D eigenvalue weighted by atomic mass is 9.94. The van der Waals surface area contributed by atoms with Crippen LogP contribution in [-0.2, 0) is 25.5 Å². The van der Waals surface area contributed by atoms with Crippen LogP contribution in [-0.4, -0.2) is 29.9 Å². The molecule has 1 unspecified atom stereocenters. The van der Waals surface area contributed by atoms with Crippen LogP contribution in [0.4, 0.5) is 5.69 Å². The van der Waals surface area contributed by atoms with E-state index in [9.17, 15) is 19.5 Å². The minimum Gasteiger partial charge on any atom is -0.507 e. The van der Waals surface area contributed by atoms with Gasteiger partial charge in [-0.15, -0.1) is 0 Å². The molecule has 0 bridgehead atoms. The number of ether oxygens (including phenoxy) is 1. The molecule has 0 saturated carbocycles. The Labute approximate surface area is 202 Å². The van der Waals surface area contributed by atoms with Crippen LogP contribution >= 0.6 is 11.6 Å². The molecule has 1 aliphatic rings. The molecule has 34 heavy (non-hydrogen) atoms. The van der Waals surface area contributed by atoms with Crippen molar-refractivity contribution < 1.29 is 24.2 Å². The third-order valence-corrected chi connectivity index (χ3v) is 5.93. The Morgan fingerprint density at radius 1 is 1.03 bits per heavy atom. The predicted octanol–water partition coefficient (Wildman–Crippen LogP) is 4.99. The van der Waals surface area contributed by atoms with Crippen molar-refractivity contribution in [3.05, 3.63) is 106 Å². The van der Waals surface area contributed by atoms with Gasteiger partial charge in [-0.2, -0.15) is 0 Å². The molecule has 1 heterocycles. The number of rotatable bonds is 5. The number of ketones is 1. The molecule has 1 saturated heterocycles. The Hall–Kier alpha value is -3.90. The van der Waals surface area contributed by atoms with E-state index in [1.807, 2.05) is 31.2 Å². The highest BCUT2D eigenvalue weighted by atomic mass is 35.5. The second kappa shape index (κ2) is 9.53. The zero-order valence-electron chi connectivity index (χ0n) is 18.6. The Balaban J connectivity index is 1.86. The summed E-state index contributed by atoms with van der Waals surface area (Å²) in [5.74, 6) is -2.22. The van der Waals surface area contributed by atoms with Gasteiger partial charge in [0.15, 0.2) is 0 Å². The second-order valence-corrected chi connectivity index (χ2v) is 8.45. The molecule has 0 aliphatic carbocycles. The minimum atomic E-state index is -0.842. The number of nitrogens with zero attached hydrogens (tertiary/aromatic N) is 1. The van der Waals surface area contributed by atoms with Gasteiger partial charge in [0.05, 0.1) is 25.1 Å². The SMILES string of the molecule is COC(=O)Cc1ccc(N2C(=O)C(=O)/C(=C(\O)c3cccc(Cl)c3)C2c2cccc(C)c2)cc1. The van der Waals surface area contributed by atoms with Gasteiger partial charge in [0.25, 0.3) is 11.7 Å². The number of hydrogen-bond donors (Lipinski definition) is 1. The number of halogens is 1. The van der Waals surface area contributed by atoms with Crippen molar-refractivity contribution in [2.75, 3.05) is 12.0 Å². The highest BCUT2D eigenvalue weighted by molar-refractivity contribution is 6.51. The van der Waals surface area contributed by atoms with Gasteiger partial charge in [-0.3, -0.25) is 19.3 Å². The molecule has 3 aromatic rings. The summed E-state index contributed by atoms with van der Waals surface area (Å²) >= 11 is 6.09. The number of benzene rings is 3. The molecule has 3 aromatic carbocycles. The number of anilines is 1. The molecule has 0 aromatic heterocycles. The molecule has 7 heteroatoms. The fraction of sp³-hybridized carbons (Fsp3) is 0.148. The van der Waals surface area contributed by atoms with E-state index in [4.69, 9.17) is 16.3 Å². The Morgan fingerprint density at radius 3 is 2.38 bits per heavy atom. The van der Waals surface area contributed by atoms with Crippen LogP contribution in [0.25, 0.3) is 5.76 Å². The summed E-state index contributed by atoms with van der Waals surface area (Å²) in [4.78, 5) is 39.4. The third-order valence-electron chi connectivity index (χ3n) is 5.69. The lowest BCUT2D eigenvalue weighted by Gasteiger charge is -2.26. The topological polar surface area (TPSA) is 83.9 Å². The van der Waals surface area contributed by atoms with E-state index in [1.54, 1.807) is 48.5 Å². The average Bonchev–Trinajstić information content (AvgIpc) is 3.09. The molecule has 1 aliphatic heterocycles. The van der Waals surface area contributed by atoms with Gasteiger partial charge < -0.3 is 9.84 Å². The molecule has 1 atom stereocenters. The lowest BCUT2D eigenvalue weighted by Crippen LogP contribution is -2.29. The second-order valence-electron chi connectivity index (χ2n) is 8.01. The largest absolute Gasteiger partial charge is 0.507 e. The first-order chi connectivity index (χ1) is 16.3. The minimum absolute atomic E-state index is 0.0171. The molecule has 1 N–H and O–H groups in total. The van der Waals surface area contributed by atoms with E-state index in [0.717, 1.165) is 5.56 Å². The number of amides is 1. The Morgan fingerprint density at radius 2 is 1.74 bits per heavy atom. The first-order valence-electron chi connectivity index (χ1n) is 10.6. The summed E-state index contributed by atoms with van der Waals surface area (Å²) in [6.45, 7) is 1.91. The number of carbonyl (C=O) groups is 3. The van der Waals surface area contributed by atoms with Crippen molar-refractivity contribution in [3.8, 4) is 0 Å². The summed E-state index contributed by atoms with van der Waals surface area (Å²) in [6.07, 6.45) is 0.0890. The van der Waals surface area contributed by atoms with Crippen molar-refractivity contribution in [3.63, 3.8) is 0 Å². The number of aliphatic hydroxyl groups excluding tert-OH is 1. The highest BCUT2D eigenvalue weighted by Gasteiger charge is 2.47. The van der Waals surface area contributed by atoms with Crippen molar-refractivity contribution >= 4 is 40.7 Å². The van der Waals surface area contributed by atoms with Crippen LogP contribution in [0, 0.1) is 6.92 Å². The number of carbonyl (C=O) groups excluding carboxylic acids is 3. The number of aliphatic hydroxyl groups is 1. The molecule has 172 valence electrons. The van der Waals surface area contributed by atoms with Gasteiger partial charge in [-0.05, 0) is 42.3 Å². The summed E-state index contributed by atoms with van der Waals surface area (Å²) < 4.78 is 4.70. The van der Waals surface area contributed by atoms with Crippen LogP contribution in [0.3, 0.4) is 0 Å². The maximum atomic E-state index is 13.2.